The predicted molar refractivity (Wildman–Crippen MR) is 193 cm³/mol. The number of alkyl halides is 5. The Labute approximate surface area is 305 Å². The van der Waals surface area contributed by atoms with Gasteiger partial charge in [0.15, 0.2) is 0 Å². The van der Waals surface area contributed by atoms with Crippen molar-refractivity contribution >= 4 is 82.4 Å². The molecule has 2 fully saturated rings. The number of benzene rings is 4. The zero-order valence-electron chi connectivity index (χ0n) is 25.6. The number of nitrogens with one attached hydrogen (secondary N) is 1. The summed E-state index contributed by atoms with van der Waals surface area (Å²) in [6, 6.07) is 27.1. The van der Waals surface area contributed by atoms with E-state index in [1.165, 1.54) is 24.3 Å². The zero-order valence-corrected chi connectivity index (χ0v) is 30.4. The van der Waals surface area contributed by atoms with Gasteiger partial charge in [0, 0.05) is 56.9 Å². The molecule has 2 atom stereocenters. The van der Waals surface area contributed by atoms with E-state index in [1.807, 2.05) is 53.4 Å². The van der Waals surface area contributed by atoms with Gasteiger partial charge in [0.1, 0.15) is 17.5 Å². The van der Waals surface area contributed by atoms with Crippen LogP contribution in [0.5, 0.6) is 11.5 Å². The first-order chi connectivity index (χ1) is 23.4. The number of ether oxygens (including phenoxy) is 2. The smallest absolute Gasteiger partial charge is 0.387 e. The number of hydrogen-bond acceptors (Lipinski definition) is 6. The van der Waals surface area contributed by atoms with Gasteiger partial charge in [0.2, 0.25) is 11.8 Å². The van der Waals surface area contributed by atoms with Gasteiger partial charge < -0.3 is 30.3 Å². The van der Waals surface area contributed by atoms with Gasteiger partial charge >= 0.3 is 13.2 Å². The molecule has 2 aliphatic heterocycles. The molecule has 8 nitrogen and oxygen atoms in total. The number of nitrogens with two attached hydrogens (primary N) is 1. The van der Waals surface area contributed by atoms with Crippen LogP contribution in [0.15, 0.2) is 106 Å². The van der Waals surface area contributed by atoms with Crippen molar-refractivity contribution in [2.24, 2.45) is 0 Å². The molecule has 6 rings (SSSR count). The van der Waals surface area contributed by atoms with Crippen LogP contribution < -0.4 is 30.3 Å². The number of carbonyl (C=O) groups excluding carboxylic acids is 2. The van der Waals surface area contributed by atoms with Crippen molar-refractivity contribution in [3.63, 3.8) is 0 Å². The molecule has 0 radical (unpaired) electrons. The average Bonchev–Trinajstić information content (AvgIpc) is 3.58. The maximum atomic E-state index is 12.6. The van der Waals surface area contributed by atoms with Gasteiger partial charge in [-0.25, -0.2) is 0 Å². The molecule has 4 aromatic rings. The van der Waals surface area contributed by atoms with E-state index in [4.69, 9.17) is 5.73 Å². The molecule has 2 saturated heterocycles. The van der Waals surface area contributed by atoms with Gasteiger partial charge in [-0.3, -0.25) is 9.59 Å². The summed E-state index contributed by atoms with van der Waals surface area (Å²) < 4.78 is 58.2. The highest BCUT2D eigenvalue weighted by molar-refractivity contribution is 9.10. The van der Waals surface area contributed by atoms with Crippen LogP contribution >= 0.6 is 47.8 Å². The van der Waals surface area contributed by atoms with Gasteiger partial charge in [-0.1, -0.05) is 59.9 Å². The summed E-state index contributed by atoms with van der Waals surface area (Å²) in [4.78, 5) is 27.7. The summed E-state index contributed by atoms with van der Waals surface area (Å²) in [7, 11) is 0. The van der Waals surface area contributed by atoms with Gasteiger partial charge in [-0.2, -0.15) is 17.6 Å². The Bertz CT molecular complexity index is 1690. The summed E-state index contributed by atoms with van der Waals surface area (Å²) in [5.74, 6) is 0.259. The second-order valence-electron chi connectivity index (χ2n) is 10.5. The second-order valence-corrected chi connectivity index (χ2v) is 13.5. The Kier molecular flexibility index (Phi) is 14.2. The van der Waals surface area contributed by atoms with E-state index >= 15 is 0 Å². The number of halogens is 7. The van der Waals surface area contributed by atoms with E-state index in [-0.39, 0.29) is 28.1 Å². The number of amides is 2. The molecular formula is C34H31Br3F4N4O4. The van der Waals surface area contributed by atoms with Crippen molar-refractivity contribution in [1.82, 2.24) is 0 Å². The van der Waals surface area contributed by atoms with E-state index in [0.717, 1.165) is 33.3 Å². The van der Waals surface area contributed by atoms with Gasteiger partial charge in [0.05, 0.1) is 4.83 Å². The maximum absolute atomic E-state index is 12.6. The third-order valence-electron chi connectivity index (χ3n) is 7.11. The Hall–Kier alpha value is -3.82. The lowest BCUT2D eigenvalue weighted by atomic mass is 10.2. The molecule has 0 spiro atoms. The summed E-state index contributed by atoms with van der Waals surface area (Å²) in [6.07, 6.45) is 1.52. The Balaban J connectivity index is 0.000000183. The Morgan fingerprint density at radius 3 is 1.67 bits per heavy atom. The third-order valence-corrected chi connectivity index (χ3v) is 9.01. The van der Waals surface area contributed by atoms with Crippen LogP contribution in [-0.4, -0.2) is 49.0 Å². The van der Waals surface area contributed by atoms with Crippen molar-refractivity contribution in [3.8, 4) is 11.5 Å². The fourth-order valence-electron chi connectivity index (χ4n) is 4.87. The molecule has 0 aliphatic carbocycles. The fraction of sp³-hybridized carbons (Fsp3) is 0.235. The maximum Gasteiger partial charge on any atom is 0.387 e. The molecule has 49 heavy (non-hydrogen) atoms. The number of carbonyl (C=O) groups is 2. The Morgan fingerprint density at radius 1 is 0.694 bits per heavy atom. The van der Waals surface area contributed by atoms with Crippen molar-refractivity contribution in [3.05, 3.63) is 106 Å². The van der Waals surface area contributed by atoms with Gasteiger partial charge in [0.25, 0.3) is 0 Å². The highest BCUT2D eigenvalue weighted by Crippen LogP contribution is 2.28. The molecule has 3 N–H and O–H groups in total. The molecule has 0 aromatic heterocycles. The minimum absolute atomic E-state index is 0.00820. The zero-order chi connectivity index (χ0) is 35.5. The third kappa shape index (κ3) is 11.6. The van der Waals surface area contributed by atoms with Crippen molar-refractivity contribution in [2.75, 3.05) is 33.9 Å². The van der Waals surface area contributed by atoms with Gasteiger partial charge in [-0.15, -0.1) is 0 Å². The van der Waals surface area contributed by atoms with E-state index < -0.39 is 19.3 Å². The minimum Gasteiger partial charge on any atom is -0.435 e. The molecule has 0 saturated carbocycles. The first-order valence-electron chi connectivity index (χ1n) is 14.8. The largest absolute Gasteiger partial charge is 0.435 e. The summed E-state index contributed by atoms with van der Waals surface area (Å²) in [6.45, 7) is -4.26. The van der Waals surface area contributed by atoms with Crippen LogP contribution in [-0.2, 0) is 9.59 Å². The SMILES string of the molecule is Nc1cccc(OC(F)F)c1.O=C1C(Br)CCN1c1ccc(Br)cc1.O=C1C(Nc2cccc(OC(F)F)c2)CCN1c1ccc(Br)cc1. The highest BCUT2D eigenvalue weighted by Gasteiger charge is 2.32. The predicted octanol–water partition coefficient (Wildman–Crippen LogP) is 9.09. The number of rotatable bonds is 8. The fourth-order valence-corrected chi connectivity index (χ4v) is 5.85. The lowest BCUT2D eigenvalue weighted by Crippen LogP contribution is -2.33. The molecule has 2 aliphatic rings. The number of nitrogen functional groups attached to an aromatic ring is 1. The van der Waals surface area contributed by atoms with Crippen LogP contribution in [0.1, 0.15) is 12.8 Å². The summed E-state index contributed by atoms with van der Waals surface area (Å²) in [5, 5.41) is 3.09. The topological polar surface area (TPSA) is 97.1 Å². The normalized spacial score (nSPS) is 17.0. The monoisotopic (exact) mass is 872 g/mol. The van der Waals surface area contributed by atoms with Crippen LogP contribution in [0, 0.1) is 0 Å². The van der Waals surface area contributed by atoms with Crippen molar-refractivity contribution in [1.29, 1.82) is 0 Å². The van der Waals surface area contributed by atoms with Crippen LogP contribution in [0.4, 0.5) is 40.3 Å². The molecule has 15 heteroatoms. The van der Waals surface area contributed by atoms with Crippen LogP contribution in [0.3, 0.4) is 0 Å². The summed E-state index contributed by atoms with van der Waals surface area (Å²) in [5.41, 5.74) is 8.10. The number of hydrogen-bond donors (Lipinski definition) is 2. The van der Waals surface area contributed by atoms with Gasteiger partial charge in [-0.05, 0) is 85.6 Å². The van der Waals surface area contributed by atoms with E-state index in [9.17, 15) is 27.2 Å². The Morgan fingerprint density at radius 2 is 1.18 bits per heavy atom. The molecule has 2 unspecified atom stereocenters. The second kappa shape index (κ2) is 18.3. The molecule has 260 valence electrons. The summed E-state index contributed by atoms with van der Waals surface area (Å²) >= 11 is 10.1. The minimum atomic E-state index is -2.87. The van der Waals surface area contributed by atoms with E-state index in [0.29, 0.717) is 24.3 Å². The molecular weight excluding hydrogens is 844 g/mol. The molecule has 4 aromatic carbocycles. The molecule has 2 heterocycles. The quantitative estimate of drug-likeness (QED) is 0.104. The first kappa shape index (κ1) is 38.0. The standard InChI is InChI=1S/C17H15BrF2N2O2.C10H9Br2NO.C7H7F2NO/c18-11-4-6-13(7-5-11)22-9-8-15(16(22)23)21-12-2-1-3-14(10-12)24-17(19)20;11-7-1-3-8(4-2-7)13-6-5-9(12)10(13)14;8-7(9)11-6-3-1-2-5(10)4-6/h1-7,10,15,17,21H,8-9H2;1-4,9H,5-6H2;1-4,7H,10H2. The number of anilines is 4. The average molecular weight is 875 g/mol. The lowest BCUT2D eigenvalue weighted by Gasteiger charge is -2.18. The van der Waals surface area contributed by atoms with Crippen LogP contribution in [0.25, 0.3) is 0 Å². The highest BCUT2D eigenvalue weighted by atomic mass is 79.9. The molecule has 0 bridgehead atoms. The molecule has 2 amide bonds. The van der Waals surface area contributed by atoms with Crippen molar-refractivity contribution < 1.29 is 36.6 Å². The van der Waals surface area contributed by atoms with E-state index in [1.54, 1.807) is 29.2 Å². The van der Waals surface area contributed by atoms with Crippen LogP contribution in [0.2, 0.25) is 0 Å². The van der Waals surface area contributed by atoms with Crippen molar-refractivity contribution in [2.45, 2.75) is 36.9 Å². The first-order valence-corrected chi connectivity index (χ1v) is 17.3. The lowest BCUT2D eigenvalue weighted by molar-refractivity contribution is -0.118. The number of nitrogens with zero attached hydrogens (tertiary/aromatic N) is 2. The van der Waals surface area contributed by atoms with E-state index in [2.05, 4.69) is 62.6 Å².